The summed E-state index contributed by atoms with van der Waals surface area (Å²) in [6, 6.07) is 6.34. The number of esters is 1. The molecule has 0 unspecified atom stereocenters. The zero-order valence-corrected chi connectivity index (χ0v) is 16.0. The molecule has 0 heterocycles. The first-order valence-corrected chi connectivity index (χ1v) is 10.7. The summed E-state index contributed by atoms with van der Waals surface area (Å²) in [5.41, 5.74) is 1.00. The molecule has 1 aliphatic carbocycles. The molecule has 2 rings (SSSR count). The molecule has 25 heavy (non-hydrogen) atoms. The van der Waals surface area contributed by atoms with Crippen molar-refractivity contribution in [1.29, 1.82) is 0 Å². The number of aryl methyl sites for hydroxylation is 1. The third kappa shape index (κ3) is 5.82. The summed E-state index contributed by atoms with van der Waals surface area (Å²) in [6.07, 6.45) is 6.37. The minimum atomic E-state index is -3.62. The molecule has 0 spiro atoms. The van der Waals surface area contributed by atoms with Gasteiger partial charge in [0.05, 0.1) is 17.4 Å². The molecule has 0 aromatic heterocycles. The van der Waals surface area contributed by atoms with Crippen LogP contribution in [0.15, 0.2) is 29.2 Å². The molecule has 0 radical (unpaired) electrons. The van der Waals surface area contributed by atoms with Crippen molar-refractivity contribution in [3.63, 3.8) is 0 Å². The maximum Gasteiger partial charge on any atom is 0.310 e. The second-order valence-electron chi connectivity index (χ2n) is 6.81. The molecule has 0 amide bonds. The minimum Gasteiger partial charge on any atom is -0.465 e. The SMILES string of the molecule is CCCCCCOC(=O)[C@H]1CCC[C@H]1NS(=O)(=O)c1ccc(C)cc1. The lowest BCUT2D eigenvalue weighted by molar-refractivity contribution is -0.149. The number of nitrogens with one attached hydrogen (secondary N) is 1. The molecule has 1 N–H and O–H groups in total. The smallest absolute Gasteiger partial charge is 0.310 e. The lowest BCUT2D eigenvalue weighted by Crippen LogP contribution is -2.40. The van der Waals surface area contributed by atoms with Crippen molar-refractivity contribution in [3.05, 3.63) is 29.8 Å². The predicted octanol–water partition coefficient (Wildman–Crippen LogP) is 3.57. The Balaban J connectivity index is 1.92. The van der Waals surface area contributed by atoms with Crippen molar-refractivity contribution in [3.8, 4) is 0 Å². The molecule has 5 nitrogen and oxygen atoms in total. The lowest BCUT2D eigenvalue weighted by atomic mass is 10.1. The van der Waals surface area contributed by atoms with Gasteiger partial charge < -0.3 is 4.74 Å². The first-order chi connectivity index (χ1) is 11.9. The average Bonchev–Trinajstić information content (AvgIpc) is 3.02. The molecule has 1 fully saturated rings. The van der Waals surface area contributed by atoms with E-state index in [9.17, 15) is 13.2 Å². The third-order valence-corrected chi connectivity index (χ3v) is 6.20. The van der Waals surface area contributed by atoms with Gasteiger partial charge in [-0.15, -0.1) is 0 Å². The van der Waals surface area contributed by atoms with Gasteiger partial charge in [-0.05, 0) is 38.3 Å². The second kappa shape index (κ2) is 9.34. The number of hydrogen-bond donors (Lipinski definition) is 1. The van der Waals surface area contributed by atoms with Crippen molar-refractivity contribution in [2.45, 2.75) is 69.7 Å². The lowest BCUT2D eigenvalue weighted by Gasteiger charge is -2.20. The summed E-state index contributed by atoms with van der Waals surface area (Å²) in [5, 5.41) is 0. The fourth-order valence-electron chi connectivity index (χ4n) is 3.18. The number of unbranched alkanes of at least 4 members (excludes halogenated alkanes) is 3. The van der Waals surface area contributed by atoms with E-state index in [-0.39, 0.29) is 22.8 Å². The Bertz CT molecular complexity index is 655. The Kier molecular flexibility index (Phi) is 7.44. The second-order valence-corrected chi connectivity index (χ2v) is 8.52. The van der Waals surface area contributed by atoms with Gasteiger partial charge in [-0.1, -0.05) is 50.3 Å². The molecule has 0 aliphatic heterocycles. The number of rotatable bonds is 9. The first kappa shape index (κ1) is 19.9. The van der Waals surface area contributed by atoms with Gasteiger partial charge in [-0.25, -0.2) is 13.1 Å². The quantitative estimate of drug-likeness (QED) is 0.535. The standard InChI is InChI=1S/C19H29NO4S/c1-3-4-5-6-14-24-19(21)17-8-7-9-18(17)20-25(22,23)16-12-10-15(2)11-13-16/h10-13,17-18,20H,3-9,14H2,1-2H3/t17-,18+/m0/s1. The van der Waals surface area contributed by atoms with E-state index in [1.54, 1.807) is 24.3 Å². The van der Waals surface area contributed by atoms with Crippen molar-refractivity contribution >= 4 is 16.0 Å². The molecular formula is C19H29NO4S. The molecule has 1 aromatic carbocycles. The Morgan fingerprint density at radius 1 is 1.16 bits per heavy atom. The maximum absolute atomic E-state index is 12.5. The van der Waals surface area contributed by atoms with E-state index < -0.39 is 10.0 Å². The van der Waals surface area contributed by atoms with E-state index in [2.05, 4.69) is 11.6 Å². The van der Waals surface area contributed by atoms with Crippen molar-refractivity contribution < 1.29 is 17.9 Å². The van der Waals surface area contributed by atoms with Crippen molar-refractivity contribution in [2.75, 3.05) is 6.61 Å². The highest BCUT2D eigenvalue weighted by atomic mass is 32.2. The summed E-state index contributed by atoms with van der Waals surface area (Å²) in [5.74, 6) is -0.656. The predicted molar refractivity (Wildman–Crippen MR) is 97.7 cm³/mol. The van der Waals surface area contributed by atoms with Crippen LogP contribution >= 0.6 is 0 Å². The zero-order chi connectivity index (χ0) is 18.3. The number of ether oxygens (including phenoxy) is 1. The van der Waals surface area contributed by atoms with Crippen LogP contribution in [0.5, 0.6) is 0 Å². The molecule has 140 valence electrons. The number of sulfonamides is 1. The van der Waals surface area contributed by atoms with Gasteiger partial charge in [-0.2, -0.15) is 0 Å². The highest BCUT2D eigenvalue weighted by molar-refractivity contribution is 7.89. The van der Waals surface area contributed by atoms with Gasteiger partial charge in [0.15, 0.2) is 0 Å². The summed E-state index contributed by atoms with van der Waals surface area (Å²) in [7, 11) is -3.62. The van der Waals surface area contributed by atoms with Crippen LogP contribution in [0.4, 0.5) is 0 Å². The first-order valence-electron chi connectivity index (χ1n) is 9.19. The molecule has 0 saturated heterocycles. The largest absolute Gasteiger partial charge is 0.465 e. The van der Waals surface area contributed by atoms with Gasteiger partial charge >= 0.3 is 5.97 Å². The molecule has 1 saturated carbocycles. The number of hydrogen-bond acceptors (Lipinski definition) is 4. The van der Waals surface area contributed by atoms with Crippen LogP contribution in [0.1, 0.15) is 57.4 Å². The van der Waals surface area contributed by atoms with Crippen LogP contribution in [-0.2, 0) is 19.6 Å². The highest BCUT2D eigenvalue weighted by Crippen LogP contribution is 2.28. The van der Waals surface area contributed by atoms with E-state index in [0.29, 0.717) is 19.4 Å². The molecule has 1 aromatic rings. The number of benzene rings is 1. The van der Waals surface area contributed by atoms with Crippen LogP contribution in [0.3, 0.4) is 0 Å². The normalized spacial score (nSPS) is 20.6. The molecule has 6 heteroatoms. The van der Waals surface area contributed by atoms with Gasteiger partial charge in [0.1, 0.15) is 0 Å². The van der Waals surface area contributed by atoms with Crippen LogP contribution in [-0.4, -0.2) is 27.0 Å². The van der Waals surface area contributed by atoms with Crippen LogP contribution in [0.25, 0.3) is 0 Å². The topological polar surface area (TPSA) is 72.5 Å². The monoisotopic (exact) mass is 367 g/mol. The fourth-order valence-corrected chi connectivity index (χ4v) is 4.49. The summed E-state index contributed by atoms with van der Waals surface area (Å²) < 4.78 is 33.1. The van der Waals surface area contributed by atoms with E-state index in [4.69, 9.17) is 4.74 Å². The zero-order valence-electron chi connectivity index (χ0n) is 15.2. The summed E-state index contributed by atoms with van der Waals surface area (Å²) in [6.45, 7) is 4.47. The molecule has 1 aliphatic rings. The van der Waals surface area contributed by atoms with Gasteiger partial charge in [0.25, 0.3) is 0 Å². The highest BCUT2D eigenvalue weighted by Gasteiger charge is 2.36. The Labute approximate surface area is 151 Å². The van der Waals surface area contributed by atoms with E-state index >= 15 is 0 Å². The summed E-state index contributed by atoms with van der Waals surface area (Å²) >= 11 is 0. The Morgan fingerprint density at radius 2 is 1.88 bits per heavy atom. The van der Waals surface area contributed by atoms with E-state index in [0.717, 1.165) is 37.7 Å². The van der Waals surface area contributed by atoms with E-state index in [1.807, 2.05) is 6.92 Å². The van der Waals surface area contributed by atoms with Crippen LogP contribution < -0.4 is 4.72 Å². The number of carbonyl (C=O) groups is 1. The Hall–Kier alpha value is -1.40. The van der Waals surface area contributed by atoms with Gasteiger partial charge in [-0.3, -0.25) is 4.79 Å². The number of carbonyl (C=O) groups excluding carboxylic acids is 1. The molecule has 2 atom stereocenters. The van der Waals surface area contributed by atoms with Crippen LogP contribution in [0, 0.1) is 12.8 Å². The third-order valence-electron chi connectivity index (χ3n) is 4.70. The van der Waals surface area contributed by atoms with Crippen molar-refractivity contribution in [2.24, 2.45) is 5.92 Å². The van der Waals surface area contributed by atoms with Gasteiger partial charge in [0.2, 0.25) is 10.0 Å². The average molecular weight is 368 g/mol. The van der Waals surface area contributed by atoms with Crippen LogP contribution in [0.2, 0.25) is 0 Å². The molecule has 0 bridgehead atoms. The Morgan fingerprint density at radius 3 is 2.56 bits per heavy atom. The fraction of sp³-hybridized carbons (Fsp3) is 0.632. The summed E-state index contributed by atoms with van der Waals surface area (Å²) in [4.78, 5) is 12.5. The molecular weight excluding hydrogens is 338 g/mol. The maximum atomic E-state index is 12.5. The van der Waals surface area contributed by atoms with Gasteiger partial charge in [0, 0.05) is 6.04 Å². The minimum absolute atomic E-state index is 0.233. The van der Waals surface area contributed by atoms with Crippen molar-refractivity contribution in [1.82, 2.24) is 4.72 Å². The van der Waals surface area contributed by atoms with E-state index in [1.165, 1.54) is 0 Å².